The van der Waals surface area contributed by atoms with Gasteiger partial charge in [-0.3, -0.25) is 19.3 Å². The van der Waals surface area contributed by atoms with E-state index in [-0.39, 0.29) is 24.7 Å². The summed E-state index contributed by atoms with van der Waals surface area (Å²) >= 11 is 4.41. The van der Waals surface area contributed by atoms with Crippen molar-refractivity contribution in [1.29, 1.82) is 0 Å². The fourth-order valence-corrected chi connectivity index (χ4v) is 6.01. The highest BCUT2D eigenvalue weighted by molar-refractivity contribution is 8.00. The zero-order valence-electron chi connectivity index (χ0n) is 15.5. The molecule has 2 aliphatic heterocycles. The maximum atomic E-state index is 13.1. The van der Waals surface area contributed by atoms with E-state index in [2.05, 4.69) is 10.6 Å². The third-order valence-electron chi connectivity index (χ3n) is 4.62. The molecule has 2 aromatic heterocycles. The van der Waals surface area contributed by atoms with Gasteiger partial charge in [-0.25, -0.2) is 0 Å². The number of methoxy groups -OCH3 is 1. The van der Waals surface area contributed by atoms with Crippen LogP contribution in [0.25, 0.3) is 0 Å². The Labute approximate surface area is 180 Å². The molecule has 1 atom stereocenters. The summed E-state index contributed by atoms with van der Waals surface area (Å²) in [6.45, 7) is 0. The number of thioether (sulfide) groups is 1. The molecule has 3 amide bonds. The Bertz CT molecular complexity index is 890. The Morgan fingerprint density at radius 3 is 2.21 bits per heavy atom. The molecule has 4 heterocycles. The second kappa shape index (κ2) is 8.21. The first-order chi connectivity index (χ1) is 14.0. The van der Waals surface area contributed by atoms with E-state index in [0.717, 1.165) is 9.75 Å². The van der Waals surface area contributed by atoms with Gasteiger partial charge in [0.25, 0.3) is 5.91 Å². The van der Waals surface area contributed by atoms with E-state index >= 15 is 0 Å². The van der Waals surface area contributed by atoms with Crippen LogP contribution in [0.4, 0.5) is 0 Å². The molecule has 7 nitrogen and oxygen atoms in total. The second-order valence-electron chi connectivity index (χ2n) is 6.52. The molecule has 0 aromatic carbocycles. The Morgan fingerprint density at radius 2 is 1.72 bits per heavy atom. The molecule has 2 aliphatic rings. The van der Waals surface area contributed by atoms with Gasteiger partial charge in [0.05, 0.1) is 20.0 Å². The predicted octanol–water partition coefficient (Wildman–Crippen LogP) is 1.93. The van der Waals surface area contributed by atoms with E-state index in [0.29, 0.717) is 11.6 Å². The molecule has 29 heavy (non-hydrogen) atoms. The van der Waals surface area contributed by atoms with Gasteiger partial charge < -0.3 is 15.4 Å². The average Bonchev–Trinajstić information content (AvgIpc) is 3.40. The number of nitrogens with zero attached hydrogens (tertiary/aromatic N) is 1. The Kier molecular flexibility index (Phi) is 5.66. The maximum absolute atomic E-state index is 13.1. The van der Waals surface area contributed by atoms with E-state index < -0.39 is 16.9 Å². The minimum absolute atomic E-state index is 0.151. The van der Waals surface area contributed by atoms with Crippen LogP contribution >= 0.6 is 34.4 Å². The smallest absolute Gasteiger partial charge is 0.280 e. The highest BCUT2D eigenvalue weighted by Crippen LogP contribution is 2.43. The number of hydrogen-bond acceptors (Lipinski definition) is 7. The van der Waals surface area contributed by atoms with Crippen molar-refractivity contribution in [2.45, 2.75) is 23.9 Å². The normalized spacial score (nSPS) is 19.6. The molecular formula is C19H19N3O4S3. The molecule has 0 radical (unpaired) electrons. The first kappa shape index (κ1) is 20.0. The van der Waals surface area contributed by atoms with Crippen LogP contribution in [-0.2, 0) is 32.0 Å². The van der Waals surface area contributed by atoms with Crippen molar-refractivity contribution in [3.05, 3.63) is 56.7 Å². The van der Waals surface area contributed by atoms with Gasteiger partial charge in [-0.2, -0.15) is 0 Å². The van der Waals surface area contributed by atoms with Crippen LogP contribution in [0.5, 0.6) is 0 Å². The predicted molar refractivity (Wildman–Crippen MR) is 113 cm³/mol. The number of carbonyl (C=O) groups excluding carboxylic acids is 3. The number of thiophene rings is 2. The van der Waals surface area contributed by atoms with Gasteiger partial charge in [-0.1, -0.05) is 12.1 Å². The number of amides is 3. The van der Waals surface area contributed by atoms with E-state index in [1.54, 1.807) is 0 Å². The van der Waals surface area contributed by atoms with E-state index in [1.165, 1.54) is 46.4 Å². The van der Waals surface area contributed by atoms with Crippen molar-refractivity contribution in [3.8, 4) is 0 Å². The summed E-state index contributed by atoms with van der Waals surface area (Å²) in [5.41, 5.74) is -1.48. The lowest BCUT2D eigenvalue weighted by Crippen LogP contribution is -2.85. The average molecular weight is 450 g/mol. The molecule has 0 unspecified atom stereocenters. The van der Waals surface area contributed by atoms with Gasteiger partial charge >= 0.3 is 0 Å². The van der Waals surface area contributed by atoms with Crippen LogP contribution < -0.4 is 10.6 Å². The third-order valence-corrected chi connectivity index (χ3v) is 7.61. The van der Waals surface area contributed by atoms with Crippen LogP contribution in [0.15, 0.2) is 47.0 Å². The summed E-state index contributed by atoms with van der Waals surface area (Å²) in [5, 5.41) is 8.96. The molecule has 10 heteroatoms. The van der Waals surface area contributed by atoms with Crippen molar-refractivity contribution in [2.24, 2.45) is 0 Å². The molecule has 2 aromatic rings. The first-order valence-corrected chi connectivity index (χ1v) is 11.7. The van der Waals surface area contributed by atoms with Crippen LogP contribution in [-0.4, -0.2) is 46.5 Å². The van der Waals surface area contributed by atoms with Gasteiger partial charge in [0.2, 0.25) is 17.5 Å². The standard InChI is InChI=1S/C19H19N3O4S3/c1-26-16-6-9-29-18-19(17(25)22(16)18,20-14(23)10-12-4-2-7-27-12)21-15(24)11-13-5-3-8-28-13/h2-8,18H,9-11H2,1H3,(H,20,23)(H,21,24)/t18-/m0/s1. The third kappa shape index (κ3) is 3.79. The monoisotopic (exact) mass is 449 g/mol. The summed E-state index contributed by atoms with van der Waals surface area (Å²) in [4.78, 5) is 41.8. The van der Waals surface area contributed by atoms with Crippen molar-refractivity contribution >= 4 is 52.2 Å². The van der Waals surface area contributed by atoms with Crippen LogP contribution in [0.3, 0.4) is 0 Å². The van der Waals surface area contributed by atoms with Crippen molar-refractivity contribution in [1.82, 2.24) is 15.5 Å². The van der Waals surface area contributed by atoms with Crippen LogP contribution in [0.1, 0.15) is 9.75 Å². The minimum Gasteiger partial charge on any atom is -0.482 e. The number of β-lactam (4-membered cyclic amide) rings is 1. The number of nitrogens with one attached hydrogen (secondary N) is 2. The van der Waals surface area contributed by atoms with Gasteiger partial charge in [-0.05, 0) is 29.0 Å². The van der Waals surface area contributed by atoms with Crippen molar-refractivity contribution in [2.75, 3.05) is 12.9 Å². The number of ether oxygens (including phenoxy) is 1. The SMILES string of the molecule is COC1=CCS[C@@H]2N1C(=O)C2(NC(=O)Cc1cccs1)NC(=O)Cc1cccs1. The van der Waals surface area contributed by atoms with Crippen LogP contribution in [0, 0.1) is 0 Å². The highest BCUT2D eigenvalue weighted by atomic mass is 32.2. The van der Waals surface area contributed by atoms with Gasteiger partial charge in [0, 0.05) is 15.5 Å². The second-order valence-corrected chi connectivity index (χ2v) is 9.70. The van der Waals surface area contributed by atoms with Crippen LogP contribution in [0.2, 0.25) is 0 Å². The number of rotatable bonds is 7. The van der Waals surface area contributed by atoms with Crippen molar-refractivity contribution < 1.29 is 19.1 Å². The van der Waals surface area contributed by atoms with Gasteiger partial charge in [-0.15, -0.1) is 34.4 Å². The number of hydrogen-bond donors (Lipinski definition) is 2. The quantitative estimate of drug-likeness (QED) is 0.498. The molecule has 4 rings (SSSR count). The summed E-state index contributed by atoms with van der Waals surface area (Å²) < 4.78 is 5.30. The fraction of sp³-hybridized carbons (Fsp3) is 0.316. The zero-order valence-corrected chi connectivity index (χ0v) is 18.0. The Morgan fingerprint density at radius 1 is 1.14 bits per heavy atom. The molecule has 0 spiro atoms. The summed E-state index contributed by atoms with van der Waals surface area (Å²) in [5.74, 6) is 0.0225. The van der Waals surface area contributed by atoms with E-state index in [4.69, 9.17) is 4.74 Å². The van der Waals surface area contributed by atoms with Gasteiger partial charge in [0.15, 0.2) is 5.88 Å². The molecule has 2 N–H and O–H groups in total. The lowest BCUT2D eigenvalue weighted by molar-refractivity contribution is -0.164. The lowest BCUT2D eigenvalue weighted by Gasteiger charge is -2.56. The molecule has 0 aliphatic carbocycles. The molecule has 152 valence electrons. The summed E-state index contributed by atoms with van der Waals surface area (Å²) in [6, 6.07) is 7.47. The van der Waals surface area contributed by atoms with Crippen molar-refractivity contribution in [3.63, 3.8) is 0 Å². The highest BCUT2D eigenvalue weighted by Gasteiger charge is 2.65. The topological polar surface area (TPSA) is 87.7 Å². The summed E-state index contributed by atoms with van der Waals surface area (Å²) in [6.07, 6.45) is 2.11. The first-order valence-electron chi connectivity index (χ1n) is 8.89. The lowest BCUT2D eigenvalue weighted by atomic mass is 9.96. The van der Waals surface area contributed by atoms with E-state index in [9.17, 15) is 14.4 Å². The number of fused-ring (bicyclic) bond motifs is 1. The maximum Gasteiger partial charge on any atom is 0.280 e. The molecular weight excluding hydrogens is 430 g/mol. The Balaban J connectivity index is 1.55. The van der Waals surface area contributed by atoms with E-state index in [1.807, 2.05) is 41.1 Å². The van der Waals surface area contributed by atoms with Gasteiger partial charge in [0.1, 0.15) is 5.37 Å². The minimum atomic E-state index is -1.48. The summed E-state index contributed by atoms with van der Waals surface area (Å²) in [7, 11) is 1.50. The zero-order chi connectivity index (χ0) is 20.4. The molecule has 0 bridgehead atoms. The molecule has 0 saturated carbocycles. The molecule has 1 saturated heterocycles. The largest absolute Gasteiger partial charge is 0.482 e. The molecule has 1 fully saturated rings. The fourth-order valence-electron chi connectivity index (χ4n) is 3.37. The Hall–Kier alpha value is -2.30. The number of carbonyl (C=O) groups is 3.